The first-order valence-corrected chi connectivity index (χ1v) is 10.1. The normalized spacial score (nSPS) is 13.6. The van der Waals surface area contributed by atoms with Gasteiger partial charge in [0.15, 0.2) is 0 Å². The molecule has 0 aromatic heterocycles. The van der Waals surface area contributed by atoms with Gasteiger partial charge in [-0.2, -0.15) is 12.6 Å². The van der Waals surface area contributed by atoms with Crippen LogP contribution in [-0.4, -0.2) is 15.8 Å². The highest BCUT2D eigenvalue weighted by atomic mass is 32.1. The number of rotatable bonds is 8. The molecule has 2 nitrogen and oxygen atoms in total. The maximum absolute atomic E-state index is 12.8. The third-order valence-corrected chi connectivity index (χ3v) is 6.24. The summed E-state index contributed by atoms with van der Waals surface area (Å²) in [6.07, 6.45) is 2.15. The number of unbranched alkanes of at least 4 members (excludes halogenated alkanes) is 1. The summed E-state index contributed by atoms with van der Waals surface area (Å²) in [7, 11) is 0. The maximum Gasteiger partial charge on any atom is 0.321 e. The van der Waals surface area contributed by atoms with Crippen LogP contribution < -0.4 is 0 Å². The summed E-state index contributed by atoms with van der Waals surface area (Å²) in [5.74, 6) is -0.902. The Hall–Kier alpha value is -2.52. The van der Waals surface area contributed by atoms with E-state index in [4.69, 9.17) is 12.6 Å². The molecule has 0 fully saturated rings. The summed E-state index contributed by atoms with van der Waals surface area (Å²) < 4.78 is -1.31. The summed E-state index contributed by atoms with van der Waals surface area (Å²) in [6.45, 7) is 2.07. The van der Waals surface area contributed by atoms with Crippen molar-refractivity contribution in [2.75, 3.05) is 0 Å². The van der Waals surface area contributed by atoms with Crippen LogP contribution in [0.15, 0.2) is 91.0 Å². The Bertz CT molecular complexity index is 797. The predicted molar refractivity (Wildman–Crippen MR) is 118 cm³/mol. The van der Waals surface area contributed by atoms with Gasteiger partial charge < -0.3 is 5.11 Å². The van der Waals surface area contributed by atoms with E-state index in [1.807, 2.05) is 91.0 Å². The van der Waals surface area contributed by atoms with Crippen LogP contribution in [0.25, 0.3) is 0 Å². The quantitative estimate of drug-likeness (QED) is 0.367. The number of hydrogen-bond acceptors (Lipinski definition) is 2. The smallest absolute Gasteiger partial charge is 0.321 e. The number of thiol groups is 1. The van der Waals surface area contributed by atoms with E-state index in [0.717, 1.165) is 29.5 Å². The zero-order valence-electron chi connectivity index (χ0n) is 16.1. The van der Waals surface area contributed by atoms with Crippen molar-refractivity contribution in [1.82, 2.24) is 0 Å². The molecule has 144 valence electrons. The van der Waals surface area contributed by atoms with Gasteiger partial charge >= 0.3 is 5.97 Å². The standard InChI is InChI=1S/C25H26O2S/c1-2-3-19-24(28,23(26)27)25(20-13-7-4-8-14-20,21-15-9-5-10-16-21)22-17-11-6-12-18-22/h4-18,28H,2-3,19H2,1H3,(H,26,27). The van der Waals surface area contributed by atoms with Crippen molar-refractivity contribution in [2.24, 2.45) is 0 Å². The molecule has 1 unspecified atom stereocenters. The molecule has 3 heteroatoms. The van der Waals surface area contributed by atoms with Gasteiger partial charge in [0.25, 0.3) is 0 Å². The van der Waals surface area contributed by atoms with E-state index in [1.165, 1.54) is 0 Å². The SMILES string of the molecule is CCCCC(S)(C(=O)O)C(c1ccccc1)(c1ccccc1)c1ccccc1. The monoisotopic (exact) mass is 390 g/mol. The van der Waals surface area contributed by atoms with Gasteiger partial charge in [-0.3, -0.25) is 4.79 Å². The minimum Gasteiger partial charge on any atom is -0.480 e. The van der Waals surface area contributed by atoms with E-state index >= 15 is 0 Å². The predicted octanol–water partition coefficient (Wildman–Crippen LogP) is 5.96. The molecule has 0 bridgehead atoms. The fraction of sp³-hybridized carbons (Fsp3) is 0.240. The highest BCUT2D eigenvalue weighted by Crippen LogP contribution is 2.52. The van der Waals surface area contributed by atoms with Crippen molar-refractivity contribution >= 4 is 18.6 Å². The zero-order chi connectivity index (χ0) is 20.0. The van der Waals surface area contributed by atoms with Gasteiger partial charge in [0.1, 0.15) is 4.75 Å². The zero-order valence-corrected chi connectivity index (χ0v) is 17.0. The van der Waals surface area contributed by atoms with Crippen LogP contribution in [-0.2, 0) is 10.2 Å². The third kappa shape index (κ3) is 3.35. The summed E-state index contributed by atoms with van der Waals surface area (Å²) in [6, 6.07) is 29.7. The molecule has 1 N–H and O–H groups in total. The summed E-state index contributed by atoms with van der Waals surface area (Å²) in [4.78, 5) is 12.8. The molecule has 1 atom stereocenters. The Morgan fingerprint density at radius 2 is 1.14 bits per heavy atom. The van der Waals surface area contributed by atoms with E-state index in [-0.39, 0.29) is 0 Å². The van der Waals surface area contributed by atoms with Gasteiger partial charge in [0, 0.05) is 0 Å². The minimum atomic E-state index is -1.31. The van der Waals surface area contributed by atoms with Crippen LogP contribution in [0.2, 0.25) is 0 Å². The van der Waals surface area contributed by atoms with Crippen LogP contribution in [0, 0.1) is 0 Å². The molecular weight excluding hydrogens is 364 g/mol. The number of benzene rings is 3. The average Bonchev–Trinajstić information content (AvgIpc) is 2.75. The fourth-order valence-electron chi connectivity index (χ4n) is 4.17. The second-order valence-electron chi connectivity index (χ2n) is 7.12. The Morgan fingerprint density at radius 1 is 0.786 bits per heavy atom. The molecule has 0 saturated heterocycles. The van der Waals surface area contributed by atoms with E-state index in [1.54, 1.807) is 0 Å². The van der Waals surface area contributed by atoms with E-state index in [9.17, 15) is 9.90 Å². The van der Waals surface area contributed by atoms with Crippen LogP contribution in [0.3, 0.4) is 0 Å². The van der Waals surface area contributed by atoms with Gasteiger partial charge in [-0.15, -0.1) is 0 Å². The molecule has 0 heterocycles. The lowest BCUT2D eigenvalue weighted by molar-refractivity contribution is -0.141. The van der Waals surface area contributed by atoms with Crippen molar-refractivity contribution in [3.8, 4) is 0 Å². The van der Waals surface area contributed by atoms with Crippen molar-refractivity contribution in [3.05, 3.63) is 108 Å². The van der Waals surface area contributed by atoms with Gasteiger partial charge in [-0.05, 0) is 23.1 Å². The van der Waals surface area contributed by atoms with Crippen molar-refractivity contribution in [1.29, 1.82) is 0 Å². The highest BCUT2D eigenvalue weighted by molar-refractivity contribution is 7.82. The fourth-order valence-corrected chi connectivity index (χ4v) is 4.71. The van der Waals surface area contributed by atoms with Crippen LogP contribution in [0.4, 0.5) is 0 Å². The molecule has 0 aliphatic rings. The van der Waals surface area contributed by atoms with E-state index < -0.39 is 16.1 Å². The number of carboxylic acids is 1. The molecule has 3 aromatic carbocycles. The first-order chi connectivity index (χ1) is 13.6. The van der Waals surface area contributed by atoms with Crippen LogP contribution >= 0.6 is 12.6 Å². The second kappa shape index (κ2) is 8.66. The summed E-state index contributed by atoms with van der Waals surface area (Å²) in [5, 5.41) is 10.5. The van der Waals surface area contributed by atoms with Gasteiger partial charge in [-0.25, -0.2) is 0 Å². The molecule has 0 spiro atoms. The molecule has 0 radical (unpaired) electrons. The highest BCUT2D eigenvalue weighted by Gasteiger charge is 2.57. The second-order valence-corrected chi connectivity index (χ2v) is 7.88. The third-order valence-electron chi connectivity index (χ3n) is 5.49. The van der Waals surface area contributed by atoms with Gasteiger partial charge in [0.2, 0.25) is 0 Å². The van der Waals surface area contributed by atoms with Gasteiger partial charge in [-0.1, -0.05) is 111 Å². The lowest BCUT2D eigenvalue weighted by Gasteiger charge is -2.47. The molecule has 3 rings (SSSR count). The van der Waals surface area contributed by atoms with Crippen molar-refractivity contribution < 1.29 is 9.90 Å². The van der Waals surface area contributed by atoms with E-state index in [0.29, 0.717) is 6.42 Å². The Labute approximate surface area is 172 Å². The lowest BCUT2D eigenvalue weighted by atomic mass is 9.60. The van der Waals surface area contributed by atoms with E-state index in [2.05, 4.69) is 6.92 Å². The molecule has 0 aliphatic carbocycles. The molecule has 0 amide bonds. The molecule has 3 aromatic rings. The average molecular weight is 391 g/mol. The Morgan fingerprint density at radius 3 is 1.43 bits per heavy atom. The molecule has 0 saturated carbocycles. The first-order valence-electron chi connectivity index (χ1n) is 9.69. The number of carbonyl (C=O) groups is 1. The van der Waals surface area contributed by atoms with Crippen molar-refractivity contribution in [2.45, 2.75) is 36.3 Å². The minimum absolute atomic E-state index is 0.459. The summed E-state index contributed by atoms with van der Waals surface area (Å²) in [5.41, 5.74) is 1.86. The Balaban J connectivity index is 2.45. The van der Waals surface area contributed by atoms with Gasteiger partial charge in [0.05, 0.1) is 5.41 Å². The Kier molecular flexibility index (Phi) is 6.25. The molecule has 28 heavy (non-hydrogen) atoms. The molecular formula is C25H26O2S. The first kappa shape index (κ1) is 20.2. The number of carboxylic acid groups (broad SMARTS) is 1. The largest absolute Gasteiger partial charge is 0.480 e. The van der Waals surface area contributed by atoms with Crippen LogP contribution in [0.5, 0.6) is 0 Å². The topological polar surface area (TPSA) is 37.3 Å². The number of hydrogen-bond donors (Lipinski definition) is 2. The molecule has 0 aliphatic heterocycles. The summed E-state index contributed by atoms with van der Waals surface area (Å²) >= 11 is 4.96. The number of aliphatic carboxylic acids is 1. The lowest BCUT2D eigenvalue weighted by Crippen LogP contribution is -2.54. The van der Waals surface area contributed by atoms with Crippen molar-refractivity contribution in [3.63, 3.8) is 0 Å². The maximum atomic E-state index is 12.8. The van der Waals surface area contributed by atoms with Crippen LogP contribution in [0.1, 0.15) is 42.9 Å².